The van der Waals surface area contributed by atoms with Crippen molar-refractivity contribution in [2.75, 3.05) is 7.11 Å². The number of hydrogen-bond donors (Lipinski definition) is 1. The molecule has 1 unspecified atom stereocenters. The van der Waals surface area contributed by atoms with E-state index in [1.54, 1.807) is 12.1 Å². The van der Waals surface area contributed by atoms with Crippen LogP contribution in [0.4, 0.5) is 4.39 Å². The third kappa shape index (κ3) is 4.32. The highest BCUT2D eigenvalue weighted by Gasteiger charge is 2.10. The van der Waals surface area contributed by atoms with Crippen molar-refractivity contribution < 1.29 is 13.9 Å². The first-order valence-electron chi connectivity index (χ1n) is 7.27. The van der Waals surface area contributed by atoms with Crippen molar-refractivity contribution in [2.45, 2.75) is 25.8 Å². The Bertz CT molecular complexity index is 628. The second-order valence-corrected chi connectivity index (χ2v) is 5.17. The number of amides is 1. The number of aryl methyl sites for hydroxylation is 1. The quantitative estimate of drug-likeness (QED) is 0.884. The van der Waals surface area contributed by atoms with Crippen LogP contribution in [-0.4, -0.2) is 13.0 Å². The number of nitrogens with one attached hydrogen (secondary N) is 1. The van der Waals surface area contributed by atoms with Crippen LogP contribution in [0, 0.1) is 5.82 Å². The fraction of sp³-hybridized carbons (Fsp3) is 0.278. The molecular weight excluding hydrogens is 281 g/mol. The van der Waals surface area contributed by atoms with E-state index in [0.717, 1.165) is 11.1 Å². The summed E-state index contributed by atoms with van der Waals surface area (Å²) in [5.41, 5.74) is 1.84. The summed E-state index contributed by atoms with van der Waals surface area (Å²) in [6.45, 7) is 1.94. The minimum absolute atomic E-state index is 0.0405. The number of ether oxygens (including phenoxy) is 1. The Morgan fingerprint density at radius 1 is 1.23 bits per heavy atom. The average Bonchev–Trinajstić information content (AvgIpc) is 2.54. The van der Waals surface area contributed by atoms with Gasteiger partial charge in [0.25, 0.3) is 0 Å². The van der Waals surface area contributed by atoms with Gasteiger partial charge in [-0.2, -0.15) is 0 Å². The Balaban J connectivity index is 1.86. The maximum Gasteiger partial charge on any atom is 0.220 e. The molecular formula is C18H20FNO2. The van der Waals surface area contributed by atoms with Crippen molar-refractivity contribution in [1.82, 2.24) is 5.32 Å². The van der Waals surface area contributed by atoms with Gasteiger partial charge in [0, 0.05) is 6.42 Å². The van der Waals surface area contributed by atoms with E-state index in [2.05, 4.69) is 5.32 Å². The molecule has 116 valence electrons. The SMILES string of the molecule is COc1ccc(CCC(=O)NC(C)c2ccccc2)cc1F. The fourth-order valence-corrected chi connectivity index (χ4v) is 2.26. The van der Waals surface area contributed by atoms with E-state index in [1.807, 2.05) is 37.3 Å². The smallest absolute Gasteiger partial charge is 0.220 e. The molecule has 0 bridgehead atoms. The minimum Gasteiger partial charge on any atom is -0.494 e. The van der Waals surface area contributed by atoms with Gasteiger partial charge in [-0.3, -0.25) is 4.79 Å². The summed E-state index contributed by atoms with van der Waals surface area (Å²) < 4.78 is 18.5. The number of halogens is 1. The standard InChI is InChI=1S/C18H20FNO2/c1-13(15-6-4-3-5-7-15)20-18(21)11-9-14-8-10-17(22-2)16(19)12-14/h3-8,10,12-13H,9,11H2,1-2H3,(H,20,21). The molecule has 2 aromatic rings. The maximum atomic E-state index is 13.6. The topological polar surface area (TPSA) is 38.3 Å². The molecule has 2 aromatic carbocycles. The molecule has 22 heavy (non-hydrogen) atoms. The summed E-state index contributed by atoms with van der Waals surface area (Å²) in [5, 5.41) is 2.95. The monoisotopic (exact) mass is 301 g/mol. The van der Waals surface area contributed by atoms with E-state index in [0.29, 0.717) is 12.8 Å². The molecule has 0 saturated heterocycles. The number of carbonyl (C=O) groups is 1. The molecule has 4 heteroatoms. The normalized spacial score (nSPS) is 11.8. The Labute approximate surface area is 130 Å². The van der Waals surface area contributed by atoms with Crippen LogP contribution in [0.15, 0.2) is 48.5 Å². The molecule has 3 nitrogen and oxygen atoms in total. The number of methoxy groups -OCH3 is 1. The third-order valence-corrected chi connectivity index (χ3v) is 3.53. The van der Waals surface area contributed by atoms with Gasteiger partial charge < -0.3 is 10.1 Å². The molecule has 0 radical (unpaired) electrons. The van der Waals surface area contributed by atoms with Crippen molar-refractivity contribution in [1.29, 1.82) is 0 Å². The van der Waals surface area contributed by atoms with Crippen molar-refractivity contribution in [3.05, 3.63) is 65.5 Å². The largest absolute Gasteiger partial charge is 0.494 e. The van der Waals surface area contributed by atoms with Crippen LogP contribution >= 0.6 is 0 Å². The summed E-state index contributed by atoms with van der Waals surface area (Å²) in [4.78, 5) is 12.0. The van der Waals surface area contributed by atoms with E-state index in [-0.39, 0.29) is 17.7 Å². The van der Waals surface area contributed by atoms with Crippen LogP contribution in [0.3, 0.4) is 0 Å². The van der Waals surface area contributed by atoms with Crippen molar-refractivity contribution in [3.63, 3.8) is 0 Å². The lowest BCUT2D eigenvalue weighted by Gasteiger charge is -2.14. The molecule has 0 spiro atoms. The first kappa shape index (κ1) is 16.0. The second kappa shape index (κ2) is 7.59. The molecule has 0 saturated carbocycles. The van der Waals surface area contributed by atoms with Crippen molar-refractivity contribution in [2.24, 2.45) is 0 Å². The second-order valence-electron chi connectivity index (χ2n) is 5.17. The van der Waals surface area contributed by atoms with Gasteiger partial charge in [-0.05, 0) is 36.6 Å². The van der Waals surface area contributed by atoms with E-state index in [1.165, 1.54) is 13.2 Å². The molecule has 1 N–H and O–H groups in total. The number of benzene rings is 2. The number of carbonyl (C=O) groups excluding carboxylic acids is 1. The van der Waals surface area contributed by atoms with Crippen LogP contribution in [0.1, 0.15) is 30.5 Å². The van der Waals surface area contributed by atoms with Gasteiger partial charge in [-0.25, -0.2) is 4.39 Å². The van der Waals surface area contributed by atoms with Crippen molar-refractivity contribution >= 4 is 5.91 Å². The van der Waals surface area contributed by atoms with Crippen LogP contribution < -0.4 is 10.1 Å². The van der Waals surface area contributed by atoms with Gasteiger partial charge in [0.15, 0.2) is 11.6 Å². The van der Waals surface area contributed by atoms with Gasteiger partial charge >= 0.3 is 0 Å². The summed E-state index contributed by atoms with van der Waals surface area (Å²) in [6.07, 6.45) is 0.817. The summed E-state index contributed by atoms with van der Waals surface area (Å²) in [5.74, 6) is -0.239. The van der Waals surface area contributed by atoms with Gasteiger partial charge in [-0.15, -0.1) is 0 Å². The van der Waals surface area contributed by atoms with Crippen LogP contribution in [0.25, 0.3) is 0 Å². The zero-order valence-electron chi connectivity index (χ0n) is 12.8. The Morgan fingerprint density at radius 2 is 1.95 bits per heavy atom. The minimum atomic E-state index is -0.405. The molecule has 0 aromatic heterocycles. The average molecular weight is 301 g/mol. The summed E-state index contributed by atoms with van der Waals surface area (Å²) >= 11 is 0. The molecule has 0 heterocycles. The zero-order chi connectivity index (χ0) is 15.9. The van der Waals surface area contributed by atoms with Gasteiger partial charge in [-0.1, -0.05) is 36.4 Å². The first-order chi connectivity index (χ1) is 10.6. The van der Waals surface area contributed by atoms with Crippen molar-refractivity contribution in [3.8, 4) is 5.75 Å². The number of rotatable bonds is 6. The van der Waals surface area contributed by atoms with Gasteiger partial charge in [0.05, 0.1) is 13.2 Å². The lowest BCUT2D eigenvalue weighted by Crippen LogP contribution is -2.26. The lowest BCUT2D eigenvalue weighted by atomic mass is 10.1. The predicted octanol–water partition coefficient (Wildman–Crippen LogP) is 3.64. The van der Waals surface area contributed by atoms with Crippen LogP contribution in [-0.2, 0) is 11.2 Å². The Kier molecular flexibility index (Phi) is 5.53. The van der Waals surface area contributed by atoms with Gasteiger partial charge in [0.2, 0.25) is 5.91 Å². The van der Waals surface area contributed by atoms with E-state index in [9.17, 15) is 9.18 Å². The molecule has 2 rings (SSSR count). The zero-order valence-corrected chi connectivity index (χ0v) is 12.8. The molecule has 0 fully saturated rings. The summed E-state index contributed by atoms with van der Waals surface area (Å²) in [7, 11) is 1.43. The lowest BCUT2D eigenvalue weighted by molar-refractivity contribution is -0.121. The molecule has 0 aliphatic carbocycles. The highest BCUT2D eigenvalue weighted by atomic mass is 19.1. The Morgan fingerprint density at radius 3 is 2.59 bits per heavy atom. The third-order valence-electron chi connectivity index (χ3n) is 3.53. The van der Waals surface area contributed by atoms with Crippen LogP contribution in [0.2, 0.25) is 0 Å². The predicted molar refractivity (Wildman–Crippen MR) is 84.3 cm³/mol. The van der Waals surface area contributed by atoms with E-state index in [4.69, 9.17) is 4.74 Å². The fourth-order valence-electron chi connectivity index (χ4n) is 2.26. The number of hydrogen-bond acceptors (Lipinski definition) is 2. The molecule has 0 aliphatic rings. The molecule has 1 amide bonds. The van der Waals surface area contributed by atoms with E-state index < -0.39 is 5.82 Å². The molecule has 1 atom stereocenters. The summed E-state index contributed by atoms with van der Waals surface area (Å²) in [6, 6.07) is 14.5. The Hall–Kier alpha value is -2.36. The highest BCUT2D eigenvalue weighted by Crippen LogP contribution is 2.18. The van der Waals surface area contributed by atoms with E-state index >= 15 is 0 Å². The van der Waals surface area contributed by atoms with Crippen LogP contribution in [0.5, 0.6) is 5.75 Å². The molecule has 0 aliphatic heterocycles. The first-order valence-corrected chi connectivity index (χ1v) is 7.27. The maximum absolute atomic E-state index is 13.6. The van der Waals surface area contributed by atoms with Gasteiger partial charge in [0.1, 0.15) is 0 Å². The highest BCUT2D eigenvalue weighted by molar-refractivity contribution is 5.76.